The lowest BCUT2D eigenvalue weighted by atomic mass is 10.1. The van der Waals surface area contributed by atoms with E-state index in [0.29, 0.717) is 40.6 Å². The zero-order valence-electron chi connectivity index (χ0n) is 15.9. The summed E-state index contributed by atoms with van der Waals surface area (Å²) in [6.45, 7) is 0.610. The summed E-state index contributed by atoms with van der Waals surface area (Å²) in [4.78, 5) is 19.1. The Morgan fingerprint density at radius 1 is 1.14 bits per heavy atom. The van der Waals surface area contributed by atoms with E-state index in [0.717, 1.165) is 5.56 Å². The minimum absolute atomic E-state index is 0.213. The zero-order chi connectivity index (χ0) is 20.5. The number of hydrogen-bond acceptors (Lipinski definition) is 4. The predicted octanol–water partition coefficient (Wildman–Crippen LogP) is 4.71. The van der Waals surface area contributed by atoms with Crippen LogP contribution in [0.1, 0.15) is 21.6 Å². The van der Waals surface area contributed by atoms with Gasteiger partial charge in [0.05, 0.1) is 49.3 Å². The molecule has 0 spiro atoms. The maximum absolute atomic E-state index is 14.2. The number of hydrogen-bond donors (Lipinski definition) is 0. The summed E-state index contributed by atoms with van der Waals surface area (Å²) in [5.41, 5.74) is 2.48. The summed E-state index contributed by atoms with van der Waals surface area (Å²) in [6.07, 6.45) is 0. The highest BCUT2D eigenvalue weighted by atomic mass is 35.5. The first-order valence-corrected chi connectivity index (χ1v) is 9.34. The number of carbonyl (C=O) groups excluding carboxylic acids is 1. The Morgan fingerprint density at radius 3 is 2.66 bits per heavy atom. The van der Waals surface area contributed by atoms with Crippen LogP contribution in [0, 0.1) is 5.82 Å². The Hall–Kier alpha value is -3.12. The lowest BCUT2D eigenvalue weighted by Gasteiger charge is -2.18. The molecule has 7 heteroatoms. The summed E-state index contributed by atoms with van der Waals surface area (Å²) < 4.78 is 24.8. The highest BCUT2D eigenvalue weighted by molar-refractivity contribution is 6.34. The molecule has 148 valence electrons. The van der Waals surface area contributed by atoms with E-state index < -0.39 is 0 Å². The quantitative estimate of drug-likeness (QED) is 0.608. The van der Waals surface area contributed by atoms with E-state index in [1.54, 1.807) is 43.4 Å². The van der Waals surface area contributed by atoms with Gasteiger partial charge in [0, 0.05) is 17.2 Å². The van der Waals surface area contributed by atoms with E-state index in [-0.39, 0.29) is 23.3 Å². The third kappa shape index (κ3) is 3.51. The van der Waals surface area contributed by atoms with E-state index in [4.69, 9.17) is 21.1 Å². The fraction of sp³-hybridized carbons (Fsp3) is 0.182. The Bertz CT molecular complexity index is 1100. The van der Waals surface area contributed by atoms with Crippen molar-refractivity contribution in [2.75, 3.05) is 14.2 Å². The van der Waals surface area contributed by atoms with E-state index in [1.165, 1.54) is 12.1 Å². The first kappa shape index (κ1) is 19.2. The number of fused-ring (bicyclic) bond motifs is 1. The number of nitrogens with zero attached hydrogens (tertiary/aromatic N) is 2. The number of benzene rings is 2. The molecule has 5 nitrogen and oxygen atoms in total. The molecule has 0 saturated carbocycles. The third-order valence-corrected chi connectivity index (χ3v) is 5.19. The van der Waals surface area contributed by atoms with Crippen LogP contribution in [0.25, 0.3) is 11.3 Å². The van der Waals surface area contributed by atoms with Crippen molar-refractivity contribution in [1.82, 2.24) is 9.88 Å². The number of pyridine rings is 1. The molecule has 2 aromatic carbocycles. The Balaban J connectivity index is 1.65. The van der Waals surface area contributed by atoms with Crippen molar-refractivity contribution in [2.45, 2.75) is 13.1 Å². The van der Waals surface area contributed by atoms with Gasteiger partial charge >= 0.3 is 0 Å². The average molecular weight is 413 g/mol. The van der Waals surface area contributed by atoms with Gasteiger partial charge in [-0.2, -0.15) is 0 Å². The highest BCUT2D eigenvalue weighted by Gasteiger charge is 2.32. The smallest absolute Gasteiger partial charge is 0.257 e. The highest BCUT2D eigenvalue weighted by Crippen LogP contribution is 2.34. The third-order valence-electron chi connectivity index (χ3n) is 4.89. The molecule has 0 atom stereocenters. The number of aromatic nitrogens is 1. The Kier molecular flexibility index (Phi) is 5.11. The van der Waals surface area contributed by atoms with Crippen LogP contribution in [0.4, 0.5) is 4.39 Å². The normalized spacial score (nSPS) is 12.8. The van der Waals surface area contributed by atoms with Gasteiger partial charge < -0.3 is 14.4 Å². The number of halogens is 2. The molecule has 1 aliphatic rings. The van der Waals surface area contributed by atoms with E-state index >= 15 is 0 Å². The number of ether oxygens (including phenoxy) is 2. The molecule has 0 radical (unpaired) electrons. The first-order valence-electron chi connectivity index (χ1n) is 8.96. The average Bonchev–Trinajstić information content (AvgIpc) is 3.04. The summed E-state index contributed by atoms with van der Waals surface area (Å²) in [5.74, 6) is 0.690. The fourth-order valence-electron chi connectivity index (χ4n) is 3.44. The van der Waals surface area contributed by atoms with Gasteiger partial charge in [-0.05, 0) is 30.3 Å². The summed E-state index contributed by atoms with van der Waals surface area (Å²) in [5, 5.41) is 0.266. The molecule has 0 bridgehead atoms. The van der Waals surface area contributed by atoms with E-state index in [2.05, 4.69) is 4.98 Å². The molecular weight excluding hydrogens is 395 g/mol. The van der Waals surface area contributed by atoms with Crippen LogP contribution in [0.3, 0.4) is 0 Å². The van der Waals surface area contributed by atoms with Gasteiger partial charge in [0.15, 0.2) is 0 Å². The standard InChI is InChI=1S/C22H18ClFN2O3/c1-28-14-8-7-13(20(9-14)29-2)11-26-12-19-21(22(26)27)16(23)10-18(25-19)15-5-3-4-6-17(15)24/h3-10H,11-12H2,1-2H3. The van der Waals surface area contributed by atoms with Crippen molar-refractivity contribution in [3.05, 3.63) is 76.2 Å². The molecule has 0 fully saturated rings. The van der Waals surface area contributed by atoms with Gasteiger partial charge in [-0.3, -0.25) is 4.79 Å². The molecule has 3 aromatic rings. The van der Waals surface area contributed by atoms with Crippen molar-refractivity contribution in [3.8, 4) is 22.8 Å². The molecule has 0 aliphatic carbocycles. The molecule has 1 amide bonds. The first-order chi connectivity index (χ1) is 14.0. The molecule has 0 unspecified atom stereocenters. The molecule has 29 heavy (non-hydrogen) atoms. The van der Waals surface area contributed by atoms with Crippen LogP contribution in [0.5, 0.6) is 11.5 Å². The van der Waals surface area contributed by atoms with Crippen LogP contribution in [0.15, 0.2) is 48.5 Å². The number of methoxy groups -OCH3 is 2. The summed E-state index contributed by atoms with van der Waals surface area (Å²) >= 11 is 6.39. The van der Waals surface area contributed by atoms with Crippen LogP contribution >= 0.6 is 11.6 Å². The second-order valence-corrected chi connectivity index (χ2v) is 7.04. The van der Waals surface area contributed by atoms with Gasteiger partial charge in [-0.15, -0.1) is 0 Å². The molecule has 1 aliphatic heterocycles. The topological polar surface area (TPSA) is 51.7 Å². The minimum Gasteiger partial charge on any atom is -0.497 e. The van der Waals surface area contributed by atoms with Gasteiger partial charge in [0.25, 0.3) is 5.91 Å². The van der Waals surface area contributed by atoms with Crippen molar-refractivity contribution in [2.24, 2.45) is 0 Å². The summed E-state index contributed by atoms with van der Waals surface area (Å²) in [6, 6.07) is 13.3. The molecule has 4 rings (SSSR count). The Labute approximate surface area is 172 Å². The van der Waals surface area contributed by atoms with Gasteiger partial charge in [-0.1, -0.05) is 23.7 Å². The van der Waals surface area contributed by atoms with Crippen LogP contribution in [-0.2, 0) is 13.1 Å². The molecule has 0 N–H and O–H groups in total. The van der Waals surface area contributed by atoms with E-state index in [9.17, 15) is 9.18 Å². The van der Waals surface area contributed by atoms with Gasteiger partial charge in [0.2, 0.25) is 0 Å². The Morgan fingerprint density at radius 2 is 1.93 bits per heavy atom. The SMILES string of the molecule is COc1ccc(CN2Cc3nc(-c4ccccc4F)cc(Cl)c3C2=O)c(OC)c1. The molecule has 0 saturated heterocycles. The molecule has 1 aromatic heterocycles. The van der Waals surface area contributed by atoms with Gasteiger partial charge in [0.1, 0.15) is 17.3 Å². The molecular formula is C22H18ClFN2O3. The minimum atomic E-state index is -0.389. The maximum atomic E-state index is 14.2. The van der Waals surface area contributed by atoms with E-state index in [1.807, 2.05) is 12.1 Å². The van der Waals surface area contributed by atoms with Crippen molar-refractivity contribution in [3.63, 3.8) is 0 Å². The number of carbonyl (C=O) groups is 1. The van der Waals surface area contributed by atoms with Crippen molar-refractivity contribution in [1.29, 1.82) is 0 Å². The van der Waals surface area contributed by atoms with Crippen molar-refractivity contribution < 1.29 is 18.7 Å². The predicted molar refractivity (Wildman–Crippen MR) is 108 cm³/mol. The number of amides is 1. The monoisotopic (exact) mass is 412 g/mol. The number of rotatable bonds is 5. The second kappa shape index (κ2) is 7.72. The zero-order valence-corrected chi connectivity index (χ0v) is 16.7. The lowest BCUT2D eigenvalue weighted by molar-refractivity contribution is 0.0765. The van der Waals surface area contributed by atoms with Crippen LogP contribution in [0.2, 0.25) is 5.02 Å². The summed E-state index contributed by atoms with van der Waals surface area (Å²) in [7, 11) is 3.15. The maximum Gasteiger partial charge on any atom is 0.257 e. The lowest BCUT2D eigenvalue weighted by Crippen LogP contribution is -2.23. The largest absolute Gasteiger partial charge is 0.497 e. The molecule has 2 heterocycles. The second-order valence-electron chi connectivity index (χ2n) is 6.63. The van der Waals surface area contributed by atoms with Crippen LogP contribution in [-0.4, -0.2) is 30.0 Å². The van der Waals surface area contributed by atoms with Gasteiger partial charge in [-0.25, -0.2) is 9.37 Å². The van der Waals surface area contributed by atoms with Crippen molar-refractivity contribution >= 4 is 17.5 Å². The fourth-order valence-corrected chi connectivity index (χ4v) is 3.73. The van der Waals surface area contributed by atoms with Crippen LogP contribution < -0.4 is 9.47 Å².